The Balaban J connectivity index is 1.54. The van der Waals surface area contributed by atoms with Crippen molar-refractivity contribution < 1.29 is 18.5 Å². The SMILES string of the molecule is C=CCOCC1CCN(C(=O)c2cc(-c3ccco3)on2)CC1. The highest BCUT2D eigenvalue weighted by Crippen LogP contribution is 2.23. The number of ether oxygens (including phenoxy) is 1. The lowest BCUT2D eigenvalue weighted by molar-refractivity contribution is 0.0567. The van der Waals surface area contributed by atoms with Crippen LogP contribution < -0.4 is 0 Å². The van der Waals surface area contributed by atoms with Crippen molar-refractivity contribution >= 4 is 5.91 Å². The summed E-state index contributed by atoms with van der Waals surface area (Å²) in [6, 6.07) is 5.16. The van der Waals surface area contributed by atoms with Crippen LogP contribution in [0.1, 0.15) is 23.3 Å². The number of aromatic nitrogens is 1. The van der Waals surface area contributed by atoms with Gasteiger partial charge in [0.2, 0.25) is 5.76 Å². The number of carbonyl (C=O) groups excluding carboxylic acids is 1. The molecule has 0 saturated carbocycles. The number of likely N-dealkylation sites (tertiary alicyclic amines) is 1. The van der Waals surface area contributed by atoms with Crippen LogP contribution in [0.15, 0.2) is 46.1 Å². The third kappa shape index (κ3) is 3.71. The molecule has 1 aliphatic heterocycles. The van der Waals surface area contributed by atoms with E-state index in [2.05, 4.69) is 11.7 Å². The molecule has 1 amide bonds. The van der Waals surface area contributed by atoms with Crippen molar-refractivity contribution in [3.63, 3.8) is 0 Å². The summed E-state index contributed by atoms with van der Waals surface area (Å²) >= 11 is 0. The molecule has 1 aliphatic rings. The van der Waals surface area contributed by atoms with E-state index in [0.717, 1.165) is 19.4 Å². The number of piperidine rings is 1. The van der Waals surface area contributed by atoms with Crippen molar-refractivity contribution in [2.75, 3.05) is 26.3 Å². The van der Waals surface area contributed by atoms with Crippen LogP contribution in [0.2, 0.25) is 0 Å². The number of hydrogen-bond donors (Lipinski definition) is 0. The van der Waals surface area contributed by atoms with Crippen LogP contribution in [-0.2, 0) is 4.74 Å². The fraction of sp³-hybridized carbons (Fsp3) is 0.412. The second-order valence-electron chi connectivity index (χ2n) is 5.62. The Morgan fingerprint density at radius 1 is 1.43 bits per heavy atom. The first-order valence-corrected chi connectivity index (χ1v) is 7.76. The summed E-state index contributed by atoms with van der Waals surface area (Å²) in [5.74, 6) is 1.42. The van der Waals surface area contributed by atoms with Crippen LogP contribution in [0.3, 0.4) is 0 Å². The molecule has 0 atom stereocenters. The van der Waals surface area contributed by atoms with Crippen LogP contribution in [0, 0.1) is 5.92 Å². The number of amides is 1. The molecule has 6 heteroatoms. The predicted octanol–water partition coefficient (Wildman–Crippen LogP) is 2.99. The molecule has 0 aliphatic carbocycles. The molecule has 0 aromatic carbocycles. The highest BCUT2D eigenvalue weighted by Gasteiger charge is 2.26. The van der Waals surface area contributed by atoms with Gasteiger partial charge in [-0.1, -0.05) is 11.2 Å². The van der Waals surface area contributed by atoms with E-state index in [4.69, 9.17) is 13.7 Å². The Labute approximate surface area is 134 Å². The first kappa shape index (κ1) is 15.6. The predicted molar refractivity (Wildman–Crippen MR) is 83.8 cm³/mol. The van der Waals surface area contributed by atoms with Crippen molar-refractivity contribution in [3.8, 4) is 11.5 Å². The molecule has 0 spiro atoms. The maximum Gasteiger partial charge on any atom is 0.276 e. The lowest BCUT2D eigenvalue weighted by atomic mass is 9.97. The summed E-state index contributed by atoms with van der Waals surface area (Å²) < 4.78 is 15.9. The Bertz CT molecular complexity index is 639. The van der Waals surface area contributed by atoms with E-state index >= 15 is 0 Å². The van der Waals surface area contributed by atoms with Crippen LogP contribution in [0.4, 0.5) is 0 Å². The van der Waals surface area contributed by atoms with Gasteiger partial charge in [-0.2, -0.15) is 0 Å². The second kappa shape index (κ2) is 7.28. The average Bonchev–Trinajstić information content (AvgIpc) is 3.26. The minimum absolute atomic E-state index is 0.1000. The Hall–Kier alpha value is -2.34. The molecule has 0 N–H and O–H groups in total. The number of carbonyl (C=O) groups is 1. The van der Waals surface area contributed by atoms with Crippen LogP contribution in [0.5, 0.6) is 0 Å². The lowest BCUT2D eigenvalue weighted by Crippen LogP contribution is -2.39. The second-order valence-corrected chi connectivity index (χ2v) is 5.62. The highest BCUT2D eigenvalue weighted by molar-refractivity contribution is 5.93. The zero-order valence-corrected chi connectivity index (χ0v) is 12.9. The Morgan fingerprint density at radius 3 is 2.96 bits per heavy atom. The Morgan fingerprint density at radius 2 is 2.26 bits per heavy atom. The third-order valence-electron chi connectivity index (χ3n) is 3.98. The van der Waals surface area contributed by atoms with Crippen molar-refractivity contribution in [1.29, 1.82) is 0 Å². The summed E-state index contributed by atoms with van der Waals surface area (Å²) in [5.41, 5.74) is 0.317. The molecule has 2 aromatic rings. The van der Waals surface area contributed by atoms with Gasteiger partial charge >= 0.3 is 0 Å². The number of rotatable bonds is 6. The van der Waals surface area contributed by atoms with E-state index in [9.17, 15) is 4.79 Å². The molecule has 6 nitrogen and oxygen atoms in total. The van der Waals surface area contributed by atoms with Gasteiger partial charge in [0.1, 0.15) is 0 Å². The zero-order valence-electron chi connectivity index (χ0n) is 12.9. The first-order valence-electron chi connectivity index (χ1n) is 7.76. The third-order valence-corrected chi connectivity index (χ3v) is 3.98. The molecule has 0 radical (unpaired) electrons. The topological polar surface area (TPSA) is 68.7 Å². The van der Waals surface area contributed by atoms with Gasteiger partial charge < -0.3 is 18.6 Å². The van der Waals surface area contributed by atoms with E-state index in [1.807, 2.05) is 4.90 Å². The molecule has 3 rings (SSSR count). The fourth-order valence-corrected chi connectivity index (χ4v) is 2.69. The highest BCUT2D eigenvalue weighted by atomic mass is 16.5. The summed E-state index contributed by atoms with van der Waals surface area (Å²) in [4.78, 5) is 14.3. The van der Waals surface area contributed by atoms with E-state index in [-0.39, 0.29) is 5.91 Å². The molecule has 1 fully saturated rings. The molecule has 1 saturated heterocycles. The largest absolute Gasteiger partial charge is 0.461 e. The molecule has 3 heterocycles. The van der Waals surface area contributed by atoms with Crippen molar-refractivity contribution in [1.82, 2.24) is 10.1 Å². The maximum atomic E-state index is 12.5. The van der Waals surface area contributed by atoms with E-state index in [1.165, 1.54) is 0 Å². The summed E-state index contributed by atoms with van der Waals surface area (Å²) in [6.45, 7) is 6.36. The smallest absolute Gasteiger partial charge is 0.276 e. The van der Waals surface area contributed by atoms with Gasteiger partial charge in [-0.05, 0) is 30.9 Å². The quantitative estimate of drug-likeness (QED) is 0.605. The maximum absolute atomic E-state index is 12.5. The van der Waals surface area contributed by atoms with Gasteiger partial charge in [-0.15, -0.1) is 6.58 Å². The van der Waals surface area contributed by atoms with Gasteiger partial charge in [0.25, 0.3) is 5.91 Å². The van der Waals surface area contributed by atoms with Crippen molar-refractivity contribution in [2.24, 2.45) is 5.92 Å². The standard InChI is InChI=1S/C17H20N2O4/c1-2-9-21-12-13-5-7-19(8-6-13)17(20)14-11-16(23-18-14)15-4-3-10-22-15/h2-4,10-11,13H,1,5-9,12H2. The molecule has 23 heavy (non-hydrogen) atoms. The van der Waals surface area contributed by atoms with Gasteiger partial charge in [0, 0.05) is 25.8 Å². The lowest BCUT2D eigenvalue weighted by Gasteiger charge is -2.31. The molecular formula is C17H20N2O4. The molecule has 0 unspecified atom stereocenters. The van der Waals surface area contributed by atoms with Crippen LogP contribution in [-0.4, -0.2) is 42.3 Å². The van der Waals surface area contributed by atoms with Gasteiger partial charge in [0.05, 0.1) is 12.9 Å². The van der Waals surface area contributed by atoms with Crippen LogP contribution >= 0.6 is 0 Å². The number of furan rings is 1. The van der Waals surface area contributed by atoms with Gasteiger partial charge in [-0.25, -0.2) is 0 Å². The van der Waals surface area contributed by atoms with Crippen molar-refractivity contribution in [3.05, 3.63) is 42.8 Å². The van der Waals surface area contributed by atoms with Gasteiger partial charge in [-0.3, -0.25) is 4.79 Å². The van der Waals surface area contributed by atoms with E-state index < -0.39 is 0 Å². The summed E-state index contributed by atoms with van der Waals surface area (Å²) in [6.07, 6.45) is 5.18. The normalized spacial score (nSPS) is 15.7. The summed E-state index contributed by atoms with van der Waals surface area (Å²) in [7, 11) is 0. The minimum Gasteiger partial charge on any atom is -0.461 e. The Kier molecular flexibility index (Phi) is 4.92. The monoisotopic (exact) mass is 316 g/mol. The first-order chi connectivity index (χ1) is 11.3. The number of nitrogens with zero attached hydrogens (tertiary/aromatic N) is 2. The minimum atomic E-state index is -0.1000. The average molecular weight is 316 g/mol. The van der Waals surface area contributed by atoms with Gasteiger partial charge in [0.15, 0.2) is 11.5 Å². The van der Waals surface area contributed by atoms with Crippen molar-refractivity contribution in [2.45, 2.75) is 12.8 Å². The molecule has 2 aromatic heterocycles. The molecule has 0 bridgehead atoms. The molecule has 122 valence electrons. The fourth-order valence-electron chi connectivity index (χ4n) is 2.69. The van der Waals surface area contributed by atoms with E-state index in [0.29, 0.717) is 42.8 Å². The molecular weight excluding hydrogens is 296 g/mol. The number of hydrogen-bond acceptors (Lipinski definition) is 5. The van der Waals surface area contributed by atoms with Crippen LogP contribution in [0.25, 0.3) is 11.5 Å². The van der Waals surface area contributed by atoms with E-state index in [1.54, 1.807) is 30.5 Å². The summed E-state index contributed by atoms with van der Waals surface area (Å²) in [5, 5.41) is 3.87. The zero-order chi connectivity index (χ0) is 16.1.